The minimum Gasteiger partial charge on any atom is -0.461 e. The lowest BCUT2D eigenvalue weighted by Crippen LogP contribution is -2.66. The molecule has 4 rings (SSSR count). The summed E-state index contributed by atoms with van der Waals surface area (Å²) in [5.41, 5.74) is 0.271. The van der Waals surface area contributed by atoms with E-state index in [9.17, 15) is 0 Å². The summed E-state index contributed by atoms with van der Waals surface area (Å²) in [5.74, 6) is 2.94. The second-order valence-corrected chi connectivity index (χ2v) is 8.26. The lowest BCUT2D eigenvalue weighted by Gasteiger charge is -2.58. The molecule has 0 aromatic carbocycles. The molecule has 30 heavy (non-hydrogen) atoms. The van der Waals surface area contributed by atoms with Gasteiger partial charge in [0.25, 0.3) is 0 Å². The van der Waals surface area contributed by atoms with Gasteiger partial charge in [-0.15, -0.1) is 0 Å². The van der Waals surface area contributed by atoms with Gasteiger partial charge < -0.3 is 19.8 Å². The van der Waals surface area contributed by atoms with E-state index in [1.54, 1.807) is 6.26 Å². The quantitative estimate of drug-likeness (QED) is 0.453. The number of rotatable bonds is 8. The van der Waals surface area contributed by atoms with Gasteiger partial charge in [-0.3, -0.25) is 10.1 Å². The Balaban J connectivity index is 1.36. The predicted octanol–water partition coefficient (Wildman–Crippen LogP) is 3.29. The third-order valence-corrected chi connectivity index (χ3v) is 6.48. The summed E-state index contributed by atoms with van der Waals surface area (Å²) in [5, 5.41) is 14.3. The van der Waals surface area contributed by atoms with Crippen molar-refractivity contribution in [3.05, 3.63) is 24.2 Å². The maximum absolute atomic E-state index is 6.09. The standard InChI is InChI=1S/C22H34N6O2/c1-3-23-21(24-13-10-19-26-20(28-27-19)16-9-8-14-30-16)25-17-15-18(29-4-2)22(17)11-6-5-7-12-22/h8-9,14,17-18H,3-7,10-13,15H2,1-2H3,(H2,23,24,25)(H,26,27,28). The van der Waals surface area contributed by atoms with Gasteiger partial charge in [0.2, 0.25) is 5.82 Å². The predicted molar refractivity (Wildman–Crippen MR) is 116 cm³/mol. The van der Waals surface area contributed by atoms with Crippen molar-refractivity contribution in [1.29, 1.82) is 0 Å². The van der Waals surface area contributed by atoms with E-state index in [0.29, 0.717) is 36.7 Å². The SMILES string of the molecule is CCNC(=NCCc1nc(-c2ccco2)n[nH]1)NC1CC(OCC)C12CCCCC2. The fraction of sp³-hybridized carbons (Fsp3) is 0.682. The van der Waals surface area contributed by atoms with Crippen molar-refractivity contribution < 1.29 is 9.15 Å². The summed E-state index contributed by atoms with van der Waals surface area (Å²) < 4.78 is 11.4. The average Bonchev–Trinajstić information content (AvgIpc) is 3.45. The van der Waals surface area contributed by atoms with Gasteiger partial charge in [0.15, 0.2) is 11.7 Å². The number of guanidine groups is 1. The van der Waals surface area contributed by atoms with Gasteiger partial charge in [-0.25, -0.2) is 4.98 Å². The van der Waals surface area contributed by atoms with Crippen LogP contribution in [0.4, 0.5) is 0 Å². The normalized spacial score (nSPS) is 23.3. The highest BCUT2D eigenvalue weighted by Crippen LogP contribution is 2.53. The second kappa shape index (κ2) is 9.64. The molecule has 2 unspecified atom stereocenters. The molecule has 3 N–H and O–H groups in total. The van der Waals surface area contributed by atoms with E-state index < -0.39 is 0 Å². The number of aromatic amines is 1. The zero-order valence-electron chi connectivity index (χ0n) is 18.1. The van der Waals surface area contributed by atoms with Crippen molar-refractivity contribution in [2.24, 2.45) is 10.4 Å². The zero-order chi connectivity index (χ0) is 20.8. The van der Waals surface area contributed by atoms with Crippen molar-refractivity contribution in [2.45, 2.75) is 70.9 Å². The summed E-state index contributed by atoms with van der Waals surface area (Å²) >= 11 is 0. The van der Waals surface area contributed by atoms with Crippen LogP contribution in [-0.4, -0.2) is 53.0 Å². The molecule has 0 radical (unpaired) electrons. The molecule has 2 aromatic heterocycles. The van der Waals surface area contributed by atoms with Crippen molar-refractivity contribution in [3.63, 3.8) is 0 Å². The first-order valence-corrected chi connectivity index (χ1v) is 11.4. The summed E-state index contributed by atoms with van der Waals surface area (Å²) in [6.45, 7) is 6.47. The second-order valence-electron chi connectivity index (χ2n) is 8.26. The first kappa shape index (κ1) is 20.9. The van der Waals surface area contributed by atoms with Crippen LogP contribution < -0.4 is 10.6 Å². The lowest BCUT2D eigenvalue weighted by molar-refractivity contribution is -0.145. The van der Waals surface area contributed by atoms with Gasteiger partial charge >= 0.3 is 0 Å². The lowest BCUT2D eigenvalue weighted by atomic mass is 9.55. The van der Waals surface area contributed by atoms with E-state index in [-0.39, 0.29) is 5.41 Å². The highest BCUT2D eigenvalue weighted by molar-refractivity contribution is 5.80. The fourth-order valence-corrected chi connectivity index (χ4v) is 4.95. The molecular formula is C22H34N6O2. The zero-order valence-corrected chi connectivity index (χ0v) is 18.1. The van der Waals surface area contributed by atoms with Crippen LogP contribution in [0.2, 0.25) is 0 Å². The Kier molecular flexibility index (Phi) is 6.72. The first-order valence-electron chi connectivity index (χ1n) is 11.4. The number of ether oxygens (including phenoxy) is 1. The van der Waals surface area contributed by atoms with E-state index in [1.165, 1.54) is 32.1 Å². The Morgan fingerprint density at radius 2 is 2.20 bits per heavy atom. The van der Waals surface area contributed by atoms with Crippen molar-refractivity contribution in [2.75, 3.05) is 19.7 Å². The van der Waals surface area contributed by atoms with Gasteiger partial charge in [-0.2, -0.15) is 5.10 Å². The molecule has 0 saturated heterocycles. The molecule has 164 valence electrons. The van der Waals surface area contributed by atoms with E-state index >= 15 is 0 Å². The number of hydrogen-bond donors (Lipinski definition) is 3. The molecule has 2 atom stereocenters. The number of nitrogens with zero attached hydrogens (tertiary/aromatic N) is 3. The maximum Gasteiger partial charge on any atom is 0.216 e. The Hall–Kier alpha value is -2.35. The van der Waals surface area contributed by atoms with Crippen LogP contribution in [0.3, 0.4) is 0 Å². The van der Waals surface area contributed by atoms with Gasteiger partial charge in [0.1, 0.15) is 5.82 Å². The van der Waals surface area contributed by atoms with E-state index in [0.717, 1.165) is 31.4 Å². The third kappa shape index (κ3) is 4.38. The van der Waals surface area contributed by atoms with Crippen LogP contribution in [0.25, 0.3) is 11.6 Å². The Morgan fingerprint density at radius 3 is 2.93 bits per heavy atom. The van der Waals surface area contributed by atoms with Crippen LogP contribution in [0.1, 0.15) is 58.2 Å². The van der Waals surface area contributed by atoms with Gasteiger partial charge in [0, 0.05) is 37.6 Å². The molecule has 2 heterocycles. The molecule has 1 spiro atoms. The number of aromatic nitrogens is 3. The highest BCUT2D eigenvalue weighted by Gasteiger charge is 2.55. The number of furan rings is 1. The molecule has 2 fully saturated rings. The minimum absolute atomic E-state index is 0.271. The molecule has 2 aliphatic rings. The Morgan fingerprint density at radius 1 is 1.33 bits per heavy atom. The monoisotopic (exact) mass is 414 g/mol. The van der Waals surface area contributed by atoms with Crippen LogP contribution in [0.15, 0.2) is 27.8 Å². The number of aliphatic imine (C=N–C) groups is 1. The number of nitrogens with one attached hydrogen (secondary N) is 3. The molecule has 2 aliphatic carbocycles. The Bertz CT molecular complexity index is 809. The van der Waals surface area contributed by atoms with Crippen LogP contribution in [0, 0.1) is 5.41 Å². The van der Waals surface area contributed by atoms with Crippen molar-refractivity contribution in [3.8, 4) is 11.6 Å². The van der Waals surface area contributed by atoms with E-state index in [1.807, 2.05) is 12.1 Å². The van der Waals surface area contributed by atoms with Crippen LogP contribution >= 0.6 is 0 Å². The highest BCUT2D eigenvalue weighted by atomic mass is 16.5. The molecule has 8 nitrogen and oxygen atoms in total. The van der Waals surface area contributed by atoms with E-state index in [2.05, 4.69) is 39.7 Å². The summed E-state index contributed by atoms with van der Waals surface area (Å²) in [6.07, 6.45) is 10.2. The summed E-state index contributed by atoms with van der Waals surface area (Å²) in [4.78, 5) is 9.29. The van der Waals surface area contributed by atoms with E-state index in [4.69, 9.17) is 14.1 Å². The molecule has 2 saturated carbocycles. The van der Waals surface area contributed by atoms with Gasteiger partial charge in [0.05, 0.1) is 12.4 Å². The van der Waals surface area contributed by atoms with Gasteiger partial charge in [-0.05, 0) is 45.2 Å². The average molecular weight is 415 g/mol. The molecular weight excluding hydrogens is 380 g/mol. The first-order chi connectivity index (χ1) is 14.7. The topological polar surface area (TPSA) is 100 Å². The maximum atomic E-state index is 6.09. The van der Waals surface area contributed by atoms with Crippen LogP contribution in [0.5, 0.6) is 0 Å². The molecule has 0 amide bonds. The third-order valence-electron chi connectivity index (χ3n) is 6.48. The summed E-state index contributed by atoms with van der Waals surface area (Å²) in [6, 6.07) is 4.12. The molecule has 8 heteroatoms. The van der Waals surface area contributed by atoms with Crippen molar-refractivity contribution in [1.82, 2.24) is 25.8 Å². The number of H-pyrrole nitrogens is 1. The number of hydrogen-bond acceptors (Lipinski definition) is 5. The fourth-order valence-electron chi connectivity index (χ4n) is 4.95. The molecule has 0 aliphatic heterocycles. The Labute approximate surface area is 178 Å². The largest absolute Gasteiger partial charge is 0.461 e. The summed E-state index contributed by atoms with van der Waals surface area (Å²) in [7, 11) is 0. The molecule has 0 bridgehead atoms. The molecule has 2 aromatic rings. The van der Waals surface area contributed by atoms with Crippen molar-refractivity contribution >= 4 is 5.96 Å². The van der Waals surface area contributed by atoms with Crippen LogP contribution in [-0.2, 0) is 11.2 Å². The van der Waals surface area contributed by atoms with Gasteiger partial charge in [-0.1, -0.05) is 19.3 Å². The minimum atomic E-state index is 0.271. The smallest absolute Gasteiger partial charge is 0.216 e.